The summed E-state index contributed by atoms with van der Waals surface area (Å²) in [7, 11) is 2.57. The summed E-state index contributed by atoms with van der Waals surface area (Å²) in [6.07, 6.45) is 15.3. The maximum absolute atomic E-state index is 7.28. The Labute approximate surface area is 424 Å². The second-order valence-corrected chi connectivity index (χ2v) is 27.2. The molecule has 10 unspecified atom stereocenters. The van der Waals surface area contributed by atoms with Gasteiger partial charge in [0.15, 0.2) is 12.9 Å². The molecule has 10 aliphatic rings. The first kappa shape index (κ1) is 40.7. The molecule has 10 atom stereocenters. The quantitative estimate of drug-likeness (QED) is 0.178. The summed E-state index contributed by atoms with van der Waals surface area (Å²) >= 11 is 0. The molecule has 1 spiro atoms. The van der Waals surface area contributed by atoms with Gasteiger partial charge >= 0.3 is 0 Å². The zero-order valence-electron chi connectivity index (χ0n) is 42.7. The summed E-state index contributed by atoms with van der Waals surface area (Å²) in [6.45, 7) is 12.2. The summed E-state index contributed by atoms with van der Waals surface area (Å²) in [4.78, 5) is 6.88. The van der Waals surface area contributed by atoms with E-state index in [0.29, 0.717) is 5.41 Å². The number of rotatable bonds is 4. The molecule has 0 amide bonds. The third kappa shape index (κ3) is 4.89. The van der Waals surface area contributed by atoms with E-state index in [1.807, 2.05) is 0 Å². The minimum Gasteiger partial charge on any atom is -0.454 e. The number of para-hydroxylation sites is 1. The molecule has 72 heavy (non-hydrogen) atoms. The van der Waals surface area contributed by atoms with Crippen LogP contribution in [0.3, 0.4) is 0 Å². The lowest BCUT2D eigenvalue weighted by atomic mass is 9.56. The average molecular weight is 936 g/mol. The lowest BCUT2D eigenvalue weighted by Gasteiger charge is -2.46. The third-order valence-electron chi connectivity index (χ3n) is 23.2. The normalized spacial score (nSPS) is 32.3. The molecule has 4 heteroatoms. The molecule has 3 heterocycles. The molecular formula is C68H64BN2O. The summed E-state index contributed by atoms with van der Waals surface area (Å²) in [5.74, 6) is 7.22. The SMILES string of the molecule is Cc1cc2c(cc1N1c3ccc4ccccc4c3[B]c3c(-c4cc(C56CC7CC8CC7(C5)C8C6)cc5c4[nH]c4ccc(C6C7CCC8CC(C7)C86)cc45)cc4c(oc5ccccc54)c31)C(C)(C)CCC2(C)C. The van der Waals surface area contributed by atoms with Gasteiger partial charge < -0.3 is 14.3 Å². The standard InChI is InChI=1S/C68H64BN2O/c1-35-22-51-52(66(4,5)21-20-65(51,2)3)30-56(35)71-55-19-17-36-10-6-7-11-44(36)60(55)69-61-47(29-50-45-12-8-9-13-57(45)72-64(50)63(61)71)49-28-42(67-32-43-25-41-31-68(43,34-67)53(41)33-67)27-48-46-26-39(16-18-54(46)70-62(48)49)58-37-14-15-38-24-40(23-37)59(38)58/h6-13,16-19,22,26-30,37-38,40-41,43,53,58-59,70H,14-15,20-21,23-25,31-34H2,1-5H3. The molecule has 1 aliphatic heterocycles. The molecular weight excluding hydrogens is 872 g/mol. The van der Waals surface area contributed by atoms with Gasteiger partial charge in [0, 0.05) is 44.0 Å². The molecule has 1 radical (unpaired) electrons. The summed E-state index contributed by atoms with van der Waals surface area (Å²) in [5, 5.41) is 7.83. The van der Waals surface area contributed by atoms with Crippen LogP contribution in [-0.4, -0.2) is 12.3 Å². The first-order chi connectivity index (χ1) is 34.9. The van der Waals surface area contributed by atoms with Crippen LogP contribution >= 0.6 is 0 Å². The van der Waals surface area contributed by atoms with Gasteiger partial charge in [-0.25, -0.2) is 0 Å². The second kappa shape index (κ2) is 13.1. The number of benzene rings is 7. The predicted molar refractivity (Wildman–Crippen MR) is 299 cm³/mol. The van der Waals surface area contributed by atoms with Crippen LogP contribution in [0.15, 0.2) is 114 Å². The van der Waals surface area contributed by atoms with E-state index < -0.39 is 0 Å². The van der Waals surface area contributed by atoms with Gasteiger partial charge in [-0.05, 0) is 245 Å². The van der Waals surface area contributed by atoms with Crippen molar-refractivity contribution in [2.45, 2.75) is 127 Å². The Morgan fingerprint density at radius 2 is 1.44 bits per heavy atom. The van der Waals surface area contributed by atoms with Gasteiger partial charge in [-0.1, -0.05) is 93.8 Å². The Bertz CT molecular complexity index is 3940. The van der Waals surface area contributed by atoms with E-state index in [4.69, 9.17) is 4.42 Å². The molecule has 3 nitrogen and oxygen atoms in total. The number of H-pyrrole nitrogens is 1. The van der Waals surface area contributed by atoms with Crippen LogP contribution in [0.2, 0.25) is 0 Å². The monoisotopic (exact) mass is 936 g/mol. The summed E-state index contributed by atoms with van der Waals surface area (Å²) in [6, 6.07) is 43.6. The minimum absolute atomic E-state index is 0.0533. The molecule has 8 fully saturated rings. The number of aromatic amines is 1. The van der Waals surface area contributed by atoms with Gasteiger partial charge in [0.05, 0.1) is 11.2 Å². The highest BCUT2D eigenvalue weighted by Crippen LogP contribution is 2.83. The van der Waals surface area contributed by atoms with Crippen molar-refractivity contribution in [3.63, 3.8) is 0 Å². The summed E-state index contributed by atoms with van der Waals surface area (Å²) in [5.41, 5.74) is 21.9. The van der Waals surface area contributed by atoms with E-state index in [0.717, 1.165) is 58.5 Å². The van der Waals surface area contributed by atoms with Crippen LogP contribution in [0.25, 0.3) is 65.6 Å². The molecule has 5 bridgehead atoms. The maximum Gasteiger partial charge on any atom is 0.198 e. The van der Waals surface area contributed by atoms with Crippen molar-refractivity contribution in [1.29, 1.82) is 0 Å². The number of hydrogen-bond donors (Lipinski definition) is 1. The van der Waals surface area contributed by atoms with E-state index in [1.165, 1.54) is 170 Å². The van der Waals surface area contributed by atoms with Crippen molar-refractivity contribution < 1.29 is 4.42 Å². The Hall–Kier alpha value is -5.74. The van der Waals surface area contributed by atoms with Crippen molar-refractivity contribution in [2.24, 2.45) is 46.8 Å². The Morgan fingerprint density at radius 1 is 0.639 bits per heavy atom. The fraction of sp³-hybridized carbons (Fsp3) is 0.412. The van der Waals surface area contributed by atoms with Crippen LogP contribution in [0.5, 0.6) is 0 Å². The molecule has 19 rings (SSSR count). The number of nitrogens with zero attached hydrogens (tertiary/aromatic N) is 1. The number of fused-ring (bicyclic) bond motifs is 14. The van der Waals surface area contributed by atoms with Crippen LogP contribution < -0.4 is 15.8 Å². The van der Waals surface area contributed by atoms with Gasteiger partial charge in [0.1, 0.15) is 5.58 Å². The van der Waals surface area contributed by atoms with Crippen molar-refractivity contribution in [3.05, 3.63) is 137 Å². The van der Waals surface area contributed by atoms with Gasteiger partial charge in [-0.15, -0.1) is 0 Å². The maximum atomic E-state index is 7.28. The highest BCUT2D eigenvalue weighted by Gasteiger charge is 2.76. The highest BCUT2D eigenvalue weighted by molar-refractivity contribution is 6.76. The van der Waals surface area contributed by atoms with Gasteiger partial charge in [-0.2, -0.15) is 0 Å². The van der Waals surface area contributed by atoms with Crippen molar-refractivity contribution in [1.82, 2.24) is 4.98 Å². The largest absolute Gasteiger partial charge is 0.454 e. The van der Waals surface area contributed by atoms with E-state index >= 15 is 0 Å². The molecule has 2 aromatic heterocycles. The van der Waals surface area contributed by atoms with Gasteiger partial charge in [0.25, 0.3) is 0 Å². The van der Waals surface area contributed by atoms with Gasteiger partial charge in [-0.3, -0.25) is 0 Å². The first-order valence-electron chi connectivity index (χ1n) is 28.3. The lowest BCUT2D eigenvalue weighted by molar-refractivity contribution is 0.0381. The molecule has 8 saturated carbocycles. The van der Waals surface area contributed by atoms with Crippen LogP contribution in [-0.2, 0) is 16.2 Å². The fourth-order valence-electron chi connectivity index (χ4n) is 19.9. The smallest absolute Gasteiger partial charge is 0.198 e. The topological polar surface area (TPSA) is 32.2 Å². The van der Waals surface area contributed by atoms with E-state index in [2.05, 4.69) is 161 Å². The van der Waals surface area contributed by atoms with Crippen molar-refractivity contribution in [3.8, 4) is 11.1 Å². The minimum atomic E-state index is 0.0533. The second-order valence-electron chi connectivity index (χ2n) is 27.2. The zero-order valence-corrected chi connectivity index (χ0v) is 42.7. The van der Waals surface area contributed by atoms with E-state index in [9.17, 15) is 0 Å². The van der Waals surface area contributed by atoms with Gasteiger partial charge in [0.2, 0.25) is 0 Å². The third-order valence-corrected chi connectivity index (χ3v) is 23.2. The lowest BCUT2D eigenvalue weighted by Crippen LogP contribution is -2.42. The van der Waals surface area contributed by atoms with Crippen LogP contribution in [0.1, 0.15) is 132 Å². The molecule has 9 aliphatic carbocycles. The number of nitrogens with one attached hydrogen (secondary N) is 1. The molecule has 355 valence electrons. The number of furan rings is 1. The predicted octanol–water partition coefficient (Wildman–Crippen LogP) is 16.4. The highest BCUT2D eigenvalue weighted by atomic mass is 16.3. The Morgan fingerprint density at radius 3 is 2.31 bits per heavy atom. The van der Waals surface area contributed by atoms with E-state index in [-0.39, 0.29) is 16.2 Å². The molecule has 1 N–H and O–H groups in total. The fourth-order valence-corrected chi connectivity index (χ4v) is 19.9. The molecule has 7 aromatic carbocycles. The number of aryl methyl sites for hydroxylation is 1. The number of hydrogen-bond acceptors (Lipinski definition) is 2. The Balaban J connectivity index is 0.944. The summed E-state index contributed by atoms with van der Waals surface area (Å²) < 4.78 is 7.28. The van der Waals surface area contributed by atoms with Crippen molar-refractivity contribution in [2.75, 3.05) is 4.90 Å². The Kier molecular flexibility index (Phi) is 7.43. The zero-order chi connectivity index (χ0) is 47.5. The average Bonchev–Trinajstić information content (AvgIpc) is 4.19. The van der Waals surface area contributed by atoms with Crippen molar-refractivity contribution >= 4 is 89.8 Å². The molecule has 9 aromatic rings. The molecule has 0 saturated heterocycles. The van der Waals surface area contributed by atoms with Crippen LogP contribution in [0, 0.1) is 53.8 Å². The number of anilines is 3. The van der Waals surface area contributed by atoms with Crippen LogP contribution in [0.4, 0.5) is 17.1 Å². The first-order valence-corrected chi connectivity index (χ1v) is 28.3. The number of aromatic nitrogens is 1. The van der Waals surface area contributed by atoms with E-state index in [1.54, 1.807) is 11.1 Å².